The van der Waals surface area contributed by atoms with Gasteiger partial charge in [-0.15, -0.1) is 5.43 Å². The Morgan fingerprint density at radius 2 is 2.10 bits per heavy atom. The number of hydrogen-bond donors (Lipinski definition) is 1. The van der Waals surface area contributed by atoms with Crippen LogP contribution in [-0.4, -0.2) is 11.6 Å². The summed E-state index contributed by atoms with van der Waals surface area (Å²) in [5.41, 5.74) is 2.07. The molecule has 0 atom stereocenters. The second-order valence-electron chi connectivity index (χ2n) is 1.89. The Bertz CT molecular complexity index is 121. The summed E-state index contributed by atoms with van der Waals surface area (Å²) in [6.07, 6.45) is 7.35. The monoisotopic (exact) mass is 139 g/mol. The van der Waals surface area contributed by atoms with E-state index in [2.05, 4.69) is 5.43 Å². The van der Waals surface area contributed by atoms with Crippen LogP contribution in [0.1, 0.15) is 0 Å². The number of hydrazine groups is 1. The van der Waals surface area contributed by atoms with E-state index in [1.54, 1.807) is 0 Å². The van der Waals surface area contributed by atoms with Gasteiger partial charge in [-0.1, -0.05) is 0 Å². The first-order valence-corrected chi connectivity index (χ1v) is 2.87. The molecule has 0 aromatic rings. The second-order valence-corrected chi connectivity index (χ2v) is 1.89. The number of hydrogen-bond acceptors (Lipinski definition) is 2. The van der Waals surface area contributed by atoms with Gasteiger partial charge in [0.2, 0.25) is 0 Å². The molecule has 1 rings (SSSR count). The fraction of sp³-hybridized carbons (Fsp3) is 0.167. The Kier molecular flexibility index (Phi) is 2.48. The van der Waals surface area contributed by atoms with E-state index in [-0.39, 0.29) is 0 Å². The van der Waals surface area contributed by atoms with Gasteiger partial charge in [0.1, 0.15) is 0 Å². The van der Waals surface area contributed by atoms with Crippen molar-refractivity contribution in [3.8, 4) is 0 Å². The summed E-state index contributed by atoms with van der Waals surface area (Å²) in [4.78, 5) is 9.79. The topological polar surface area (TPSA) is 55.2 Å². The van der Waals surface area contributed by atoms with Crippen LogP contribution < -0.4 is 5.43 Å². The minimum atomic E-state index is -0.549. The number of nitrogens with one attached hydrogen (secondary N) is 1. The highest BCUT2D eigenvalue weighted by Gasteiger charge is 2.17. The van der Waals surface area contributed by atoms with Gasteiger partial charge in [-0.3, -0.25) is 0 Å². The van der Waals surface area contributed by atoms with E-state index < -0.39 is 5.03 Å². The maximum Gasteiger partial charge on any atom is 0.157 e. The summed E-state index contributed by atoms with van der Waals surface area (Å²) in [6, 6.07) is 0. The molecule has 1 aliphatic carbocycles. The molecule has 10 heavy (non-hydrogen) atoms. The normalized spacial score (nSPS) is 19.2. The highest BCUT2D eigenvalue weighted by Crippen LogP contribution is 2.21. The average Bonchev–Trinajstić information content (AvgIpc) is 2.34. The summed E-state index contributed by atoms with van der Waals surface area (Å²) >= 11 is 0. The van der Waals surface area contributed by atoms with Crippen molar-refractivity contribution in [3.63, 3.8) is 0 Å². The summed E-state index contributed by atoms with van der Waals surface area (Å²) in [5, 5.41) is 9.24. The van der Waals surface area contributed by atoms with E-state index in [9.17, 15) is 10.1 Å². The molecule has 0 aliphatic heterocycles. The maximum absolute atomic E-state index is 9.79. The molecule has 0 unspecified atom stereocenters. The number of rotatable bonds is 3. The molecule has 5 radical (unpaired) electrons. The predicted octanol–water partition coefficient (Wildman–Crippen LogP) is 0.173. The minimum absolute atomic E-state index is 0.292. The minimum Gasteiger partial charge on any atom is -0.235 e. The summed E-state index contributed by atoms with van der Waals surface area (Å²) in [7, 11) is 0. The van der Waals surface area contributed by atoms with Gasteiger partial charge in [-0.05, 0) is 25.7 Å². The summed E-state index contributed by atoms with van der Waals surface area (Å²) in [5.74, 6) is 0.928. The first-order valence-electron chi connectivity index (χ1n) is 2.87. The smallest absolute Gasteiger partial charge is 0.157 e. The van der Waals surface area contributed by atoms with E-state index in [0.717, 1.165) is 5.92 Å². The van der Waals surface area contributed by atoms with Crippen molar-refractivity contribution in [1.82, 2.24) is 5.43 Å². The third-order valence-corrected chi connectivity index (χ3v) is 1.14. The highest BCUT2D eigenvalue weighted by molar-refractivity contribution is 5.35. The van der Waals surface area contributed by atoms with E-state index in [1.165, 1.54) is 0 Å². The van der Waals surface area contributed by atoms with Gasteiger partial charge in [0.15, 0.2) is 5.03 Å². The van der Waals surface area contributed by atoms with Crippen LogP contribution in [0.5, 0.6) is 0 Å². The maximum atomic E-state index is 9.79. The standard InChI is InChI=1S/C6H7N2O2/c9-8(10)7-5-6-3-1-2-4-6/h1-4,7H,5H2. The lowest BCUT2D eigenvalue weighted by Gasteiger charge is -2.02. The van der Waals surface area contributed by atoms with Crippen LogP contribution in [-0.2, 0) is 0 Å². The van der Waals surface area contributed by atoms with Gasteiger partial charge < -0.3 is 0 Å². The van der Waals surface area contributed by atoms with E-state index in [4.69, 9.17) is 0 Å². The average molecular weight is 139 g/mol. The fourth-order valence-corrected chi connectivity index (χ4v) is 0.688. The molecule has 0 aromatic heterocycles. The third-order valence-electron chi connectivity index (χ3n) is 1.14. The van der Waals surface area contributed by atoms with Crippen molar-refractivity contribution in [1.29, 1.82) is 0 Å². The van der Waals surface area contributed by atoms with Crippen molar-refractivity contribution < 1.29 is 5.03 Å². The first-order chi connectivity index (χ1) is 4.79. The van der Waals surface area contributed by atoms with Crippen molar-refractivity contribution >= 4 is 0 Å². The van der Waals surface area contributed by atoms with Crippen LogP contribution >= 0.6 is 0 Å². The van der Waals surface area contributed by atoms with E-state index in [0.29, 0.717) is 6.54 Å². The Morgan fingerprint density at radius 3 is 2.60 bits per heavy atom. The number of nitrogens with zero attached hydrogens (tertiary/aromatic N) is 1. The molecular weight excluding hydrogens is 132 g/mol. The Hall–Kier alpha value is -0.800. The fourth-order valence-electron chi connectivity index (χ4n) is 0.688. The van der Waals surface area contributed by atoms with E-state index in [1.807, 2.05) is 25.7 Å². The Balaban J connectivity index is 2.07. The van der Waals surface area contributed by atoms with E-state index >= 15 is 0 Å². The van der Waals surface area contributed by atoms with Crippen molar-refractivity contribution in [2.24, 2.45) is 0 Å². The van der Waals surface area contributed by atoms with Crippen LogP contribution in [0.25, 0.3) is 0 Å². The second kappa shape index (κ2) is 3.39. The van der Waals surface area contributed by atoms with Crippen LogP contribution in [0, 0.1) is 41.7 Å². The zero-order valence-electron chi connectivity index (χ0n) is 5.28. The molecule has 1 aliphatic rings. The lowest BCUT2D eigenvalue weighted by Crippen LogP contribution is -2.26. The third kappa shape index (κ3) is 2.21. The van der Waals surface area contributed by atoms with Gasteiger partial charge in [0.05, 0.1) is 6.54 Å². The van der Waals surface area contributed by atoms with Crippen molar-refractivity contribution in [2.45, 2.75) is 0 Å². The molecular formula is C6H7N2O2. The van der Waals surface area contributed by atoms with Gasteiger partial charge in [-0.2, -0.15) is 0 Å². The molecule has 0 amide bonds. The van der Waals surface area contributed by atoms with Gasteiger partial charge in [-0.25, -0.2) is 10.1 Å². The van der Waals surface area contributed by atoms with Gasteiger partial charge in [0, 0.05) is 5.92 Å². The largest absolute Gasteiger partial charge is 0.235 e. The molecule has 1 N–H and O–H groups in total. The summed E-state index contributed by atoms with van der Waals surface area (Å²) < 4.78 is 0. The Labute approximate surface area is 59.7 Å². The van der Waals surface area contributed by atoms with Crippen LogP contribution in [0.2, 0.25) is 0 Å². The molecule has 1 fully saturated rings. The molecule has 0 heterocycles. The predicted molar refractivity (Wildman–Crippen MR) is 35.4 cm³/mol. The molecule has 53 valence electrons. The van der Waals surface area contributed by atoms with Gasteiger partial charge in [0.25, 0.3) is 0 Å². The molecule has 4 nitrogen and oxygen atoms in total. The zero-order chi connectivity index (χ0) is 7.40. The zero-order valence-corrected chi connectivity index (χ0v) is 5.28. The summed E-state index contributed by atoms with van der Waals surface area (Å²) in [6.45, 7) is 0.292. The molecule has 0 aromatic carbocycles. The van der Waals surface area contributed by atoms with Crippen molar-refractivity contribution in [3.05, 3.63) is 41.7 Å². The lowest BCUT2D eigenvalue weighted by molar-refractivity contribution is -0.543. The molecule has 1 saturated carbocycles. The SMILES string of the molecule is O=[N+]([O-])NC[C]1[CH][CH][CH][CH]1. The Morgan fingerprint density at radius 1 is 1.50 bits per heavy atom. The first kappa shape index (κ1) is 7.31. The van der Waals surface area contributed by atoms with Crippen LogP contribution in [0.4, 0.5) is 0 Å². The lowest BCUT2D eigenvalue weighted by atomic mass is 10.1. The van der Waals surface area contributed by atoms with Crippen LogP contribution in [0.3, 0.4) is 0 Å². The quantitative estimate of drug-likeness (QED) is 0.448. The highest BCUT2D eigenvalue weighted by atomic mass is 16.7. The van der Waals surface area contributed by atoms with Crippen LogP contribution in [0.15, 0.2) is 0 Å². The molecule has 0 spiro atoms. The molecule has 0 bridgehead atoms. The van der Waals surface area contributed by atoms with Gasteiger partial charge >= 0.3 is 0 Å². The molecule has 0 saturated heterocycles. The van der Waals surface area contributed by atoms with Crippen molar-refractivity contribution in [2.75, 3.05) is 6.54 Å². The molecule has 4 heteroatoms. The number of nitro groups is 1.